The number of nitrogens with one attached hydrogen (secondary N) is 1. The van der Waals surface area contributed by atoms with Crippen LogP contribution >= 0.6 is 43.2 Å². The number of hydrogen-bond donors (Lipinski definition) is 2. The molecule has 4 nitrogen and oxygen atoms in total. The molecule has 1 aromatic carbocycles. The van der Waals surface area contributed by atoms with Gasteiger partial charge in [-0.05, 0) is 68.1 Å². The minimum absolute atomic E-state index is 0.125. The van der Waals surface area contributed by atoms with Crippen molar-refractivity contribution in [2.24, 2.45) is 0 Å². The van der Waals surface area contributed by atoms with Crippen LogP contribution in [-0.4, -0.2) is 20.1 Å². The second kappa shape index (κ2) is 7.34. The van der Waals surface area contributed by atoms with Crippen LogP contribution in [0, 0.1) is 0 Å². The number of halogens is 2. The van der Waals surface area contributed by atoms with Crippen molar-refractivity contribution in [3.05, 3.63) is 49.0 Å². The highest BCUT2D eigenvalue weighted by Gasteiger charge is 2.17. The summed E-state index contributed by atoms with van der Waals surface area (Å²) in [5, 5.41) is 9.04. The third-order valence-electron chi connectivity index (χ3n) is 2.76. The Morgan fingerprint density at radius 2 is 1.95 bits per heavy atom. The van der Waals surface area contributed by atoms with E-state index in [2.05, 4.69) is 36.6 Å². The first kappa shape index (κ1) is 17.1. The molecule has 0 spiro atoms. The molecule has 0 saturated carbocycles. The van der Waals surface area contributed by atoms with Crippen LogP contribution in [0.4, 0.5) is 0 Å². The Balaban J connectivity index is 2.04. The molecule has 2 aromatic rings. The van der Waals surface area contributed by atoms with E-state index in [-0.39, 0.29) is 11.5 Å². The first-order valence-corrected chi connectivity index (χ1v) is 9.94. The summed E-state index contributed by atoms with van der Waals surface area (Å²) >= 11 is 8.19. The van der Waals surface area contributed by atoms with Crippen LogP contribution < -0.4 is 4.72 Å². The van der Waals surface area contributed by atoms with Gasteiger partial charge in [-0.2, -0.15) is 0 Å². The number of benzene rings is 1. The summed E-state index contributed by atoms with van der Waals surface area (Å²) in [7, 11) is -3.56. The van der Waals surface area contributed by atoms with Gasteiger partial charge in [0.1, 0.15) is 0 Å². The van der Waals surface area contributed by atoms with Crippen LogP contribution in [0.3, 0.4) is 0 Å². The van der Waals surface area contributed by atoms with Crippen molar-refractivity contribution in [1.82, 2.24) is 4.72 Å². The van der Waals surface area contributed by atoms with Crippen molar-refractivity contribution in [3.8, 4) is 0 Å². The van der Waals surface area contributed by atoms with Crippen LogP contribution in [0.1, 0.15) is 10.4 Å². The number of sulfonamides is 1. The highest BCUT2D eigenvalue weighted by atomic mass is 79.9. The normalized spacial score (nSPS) is 11.8. The van der Waals surface area contributed by atoms with Crippen LogP contribution in [-0.2, 0) is 23.1 Å². The first-order valence-electron chi connectivity index (χ1n) is 6.05. The lowest BCUT2D eigenvalue weighted by molar-refractivity contribution is 0.281. The topological polar surface area (TPSA) is 66.4 Å². The smallest absolute Gasteiger partial charge is 0.241 e. The van der Waals surface area contributed by atoms with Crippen molar-refractivity contribution in [2.75, 3.05) is 6.54 Å². The minimum atomic E-state index is -3.56. The molecule has 0 unspecified atom stereocenters. The lowest BCUT2D eigenvalue weighted by Crippen LogP contribution is -2.26. The summed E-state index contributed by atoms with van der Waals surface area (Å²) in [6.45, 7) is 0.211. The van der Waals surface area contributed by atoms with Gasteiger partial charge in [-0.25, -0.2) is 13.1 Å². The number of thiophene rings is 1. The Hall–Kier alpha value is -0.250. The molecule has 114 valence electrons. The van der Waals surface area contributed by atoms with Gasteiger partial charge in [0.15, 0.2) is 0 Å². The highest BCUT2D eigenvalue weighted by molar-refractivity contribution is 9.11. The second-order valence-corrected chi connectivity index (χ2v) is 9.41. The van der Waals surface area contributed by atoms with Crippen molar-refractivity contribution < 1.29 is 13.5 Å². The minimum Gasteiger partial charge on any atom is -0.392 e. The first-order chi connectivity index (χ1) is 9.92. The van der Waals surface area contributed by atoms with Gasteiger partial charge in [0.2, 0.25) is 10.0 Å². The fourth-order valence-electron chi connectivity index (χ4n) is 1.73. The van der Waals surface area contributed by atoms with Gasteiger partial charge in [-0.3, -0.25) is 0 Å². The maximum absolute atomic E-state index is 12.2. The number of aliphatic hydroxyl groups excluding tert-OH is 1. The molecule has 21 heavy (non-hydrogen) atoms. The SMILES string of the molecule is O=S(=O)(NCCc1ccc(Br)s1)c1ccc(CO)cc1Br. The fraction of sp³-hybridized carbons (Fsp3) is 0.231. The van der Waals surface area contributed by atoms with Crippen molar-refractivity contribution in [3.63, 3.8) is 0 Å². The predicted octanol–water partition coefficient (Wildman–Crippen LogP) is 3.29. The summed E-state index contributed by atoms with van der Waals surface area (Å²) in [4.78, 5) is 1.28. The average Bonchev–Trinajstić information content (AvgIpc) is 2.83. The summed E-state index contributed by atoms with van der Waals surface area (Å²) < 4.78 is 28.5. The third-order valence-corrected chi connectivity index (χ3v) is 6.88. The monoisotopic (exact) mass is 453 g/mol. The molecule has 0 bridgehead atoms. The molecule has 0 aliphatic carbocycles. The third kappa shape index (κ3) is 4.61. The maximum atomic E-state index is 12.2. The van der Waals surface area contributed by atoms with Crippen LogP contribution in [0.25, 0.3) is 0 Å². The van der Waals surface area contributed by atoms with Crippen molar-refractivity contribution in [2.45, 2.75) is 17.9 Å². The molecule has 0 saturated heterocycles. The molecular formula is C13H13Br2NO3S2. The van der Waals surface area contributed by atoms with Gasteiger partial charge >= 0.3 is 0 Å². The molecular weight excluding hydrogens is 442 g/mol. The highest BCUT2D eigenvalue weighted by Crippen LogP contribution is 2.24. The van der Waals surface area contributed by atoms with E-state index in [9.17, 15) is 8.42 Å². The zero-order valence-corrected chi connectivity index (χ0v) is 15.6. The summed E-state index contributed by atoms with van der Waals surface area (Å²) in [6, 6.07) is 8.59. The molecule has 1 heterocycles. The van der Waals surface area contributed by atoms with Crippen LogP contribution in [0.2, 0.25) is 0 Å². The van der Waals surface area contributed by atoms with Gasteiger partial charge < -0.3 is 5.11 Å². The fourth-order valence-corrected chi connectivity index (χ4v) is 5.37. The molecule has 8 heteroatoms. The second-order valence-electron chi connectivity index (χ2n) is 4.28. The lowest BCUT2D eigenvalue weighted by atomic mass is 10.2. The van der Waals surface area contributed by atoms with E-state index in [4.69, 9.17) is 5.11 Å². The Morgan fingerprint density at radius 1 is 1.19 bits per heavy atom. The summed E-state index contributed by atoms with van der Waals surface area (Å²) in [5.74, 6) is 0. The molecule has 2 rings (SSSR count). The zero-order chi connectivity index (χ0) is 15.5. The van der Waals surface area contributed by atoms with Gasteiger partial charge in [-0.1, -0.05) is 6.07 Å². The van der Waals surface area contributed by atoms with Crippen LogP contribution in [0.5, 0.6) is 0 Å². The van der Waals surface area contributed by atoms with E-state index >= 15 is 0 Å². The van der Waals surface area contributed by atoms with E-state index in [1.165, 1.54) is 6.07 Å². The average molecular weight is 455 g/mol. The van der Waals surface area contributed by atoms with Gasteiger partial charge in [0.05, 0.1) is 15.3 Å². The molecule has 0 amide bonds. The van der Waals surface area contributed by atoms with E-state index in [0.29, 0.717) is 23.0 Å². The standard InChI is InChI=1S/C13H13Br2NO3S2/c14-11-7-9(8-17)1-3-12(11)21(18,19)16-6-5-10-2-4-13(15)20-10/h1-4,7,16-17H,5-6,8H2. The molecule has 1 aromatic heterocycles. The Kier molecular flexibility index (Phi) is 5.98. The quantitative estimate of drug-likeness (QED) is 0.703. The molecule has 2 N–H and O–H groups in total. The van der Waals surface area contributed by atoms with Crippen LogP contribution in [0.15, 0.2) is 43.5 Å². The van der Waals surface area contributed by atoms with Gasteiger partial charge in [0, 0.05) is 15.9 Å². The number of aliphatic hydroxyl groups is 1. The van der Waals surface area contributed by atoms with Gasteiger partial charge in [-0.15, -0.1) is 11.3 Å². The Bertz CT molecular complexity index is 729. The van der Waals surface area contributed by atoms with E-state index in [1.807, 2.05) is 12.1 Å². The molecule has 0 fully saturated rings. The Labute approximate surface area is 144 Å². The van der Waals surface area contributed by atoms with E-state index in [0.717, 1.165) is 8.66 Å². The number of rotatable bonds is 6. The lowest BCUT2D eigenvalue weighted by Gasteiger charge is -2.09. The largest absolute Gasteiger partial charge is 0.392 e. The number of hydrogen-bond acceptors (Lipinski definition) is 4. The summed E-state index contributed by atoms with van der Waals surface area (Å²) in [6.07, 6.45) is 0.641. The van der Waals surface area contributed by atoms with Crippen molar-refractivity contribution >= 4 is 53.2 Å². The van der Waals surface area contributed by atoms with Crippen molar-refractivity contribution in [1.29, 1.82) is 0 Å². The van der Waals surface area contributed by atoms with Gasteiger partial charge in [0.25, 0.3) is 0 Å². The maximum Gasteiger partial charge on any atom is 0.241 e. The molecule has 0 atom stereocenters. The summed E-state index contributed by atoms with van der Waals surface area (Å²) in [5.41, 5.74) is 0.657. The Morgan fingerprint density at radius 3 is 2.52 bits per heavy atom. The molecule has 0 aliphatic rings. The van der Waals surface area contributed by atoms with E-state index < -0.39 is 10.0 Å². The molecule has 0 radical (unpaired) electrons. The molecule has 0 aliphatic heterocycles. The predicted molar refractivity (Wildman–Crippen MR) is 91.0 cm³/mol. The van der Waals surface area contributed by atoms with E-state index in [1.54, 1.807) is 23.5 Å². The zero-order valence-electron chi connectivity index (χ0n) is 10.8.